The first-order valence-electron chi connectivity index (χ1n) is 4.94. The van der Waals surface area contributed by atoms with Crippen LogP contribution in [0.2, 0.25) is 0 Å². The minimum atomic E-state index is 0.202. The molecule has 14 heavy (non-hydrogen) atoms. The zero-order chi connectivity index (χ0) is 10.1. The number of ketones is 1. The lowest BCUT2D eigenvalue weighted by Gasteiger charge is -2.15. The summed E-state index contributed by atoms with van der Waals surface area (Å²) in [5, 5.41) is 0. The van der Waals surface area contributed by atoms with Crippen molar-refractivity contribution in [3.05, 3.63) is 27.5 Å². The number of carbonyl (C=O) groups excluding carboxylic acids is 1. The molecule has 0 aromatic carbocycles. The standard InChI is InChI=1S/C11H12BrNO/c1-2-9-8(12)6-7-4-3-5-10(14)11(7)13-9/h6H,2-5H2,1H3. The van der Waals surface area contributed by atoms with Crippen LogP contribution in [0.3, 0.4) is 0 Å². The van der Waals surface area contributed by atoms with Crippen LogP contribution in [0.4, 0.5) is 0 Å². The number of halogens is 1. The molecule has 74 valence electrons. The molecule has 2 nitrogen and oxygen atoms in total. The maximum absolute atomic E-state index is 11.6. The van der Waals surface area contributed by atoms with E-state index in [1.807, 2.05) is 6.92 Å². The van der Waals surface area contributed by atoms with E-state index in [0.29, 0.717) is 12.1 Å². The van der Waals surface area contributed by atoms with Crippen LogP contribution in [0.15, 0.2) is 10.5 Å². The summed E-state index contributed by atoms with van der Waals surface area (Å²) in [5.41, 5.74) is 2.79. The first-order valence-corrected chi connectivity index (χ1v) is 5.73. The summed E-state index contributed by atoms with van der Waals surface area (Å²) in [6.45, 7) is 2.05. The fourth-order valence-corrected chi connectivity index (χ4v) is 2.45. The molecule has 0 N–H and O–H groups in total. The van der Waals surface area contributed by atoms with Gasteiger partial charge in [0.15, 0.2) is 5.78 Å². The molecule has 0 saturated heterocycles. The summed E-state index contributed by atoms with van der Waals surface area (Å²) >= 11 is 3.48. The summed E-state index contributed by atoms with van der Waals surface area (Å²) in [6.07, 6.45) is 3.47. The zero-order valence-electron chi connectivity index (χ0n) is 8.14. The molecule has 1 aliphatic carbocycles. The summed E-state index contributed by atoms with van der Waals surface area (Å²) in [4.78, 5) is 16.0. The summed E-state index contributed by atoms with van der Waals surface area (Å²) in [7, 11) is 0. The van der Waals surface area contributed by atoms with Crippen molar-refractivity contribution in [2.45, 2.75) is 32.6 Å². The van der Waals surface area contributed by atoms with Gasteiger partial charge >= 0.3 is 0 Å². The second-order valence-electron chi connectivity index (χ2n) is 3.55. The lowest BCUT2D eigenvalue weighted by molar-refractivity contribution is 0.0967. The average Bonchev–Trinajstić information content (AvgIpc) is 2.17. The zero-order valence-corrected chi connectivity index (χ0v) is 9.73. The molecule has 1 aromatic rings. The molecule has 0 radical (unpaired) electrons. The minimum absolute atomic E-state index is 0.202. The van der Waals surface area contributed by atoms with Gasteiger partial charge in [0.05, 0.1) is 5.69 Å². The number of nitrogens with zero attached hydrogens (tertiary/aromatic N) is 1. The van der Waals surface area contributed by atoms with E-state index >= 15 is 0 Å². The number of carbonyl (C=O) groups is 1. The summed E-state index contributed by atoms with van der Waals surface area (Å²) in [5.74, 6) is 0.202. The van der Waals surface area contributed by atoms with Gasteiger partial charge in [-0.05, 0) is 46.8 Å². The topological polar surface area (TPSA) is 30.0 Å². The predicted molar refractivity (Wildman–Crippen MR) is 58.6 cm³/mol. The quantitative estimate of drug-likeness (QED) is 0.771. The Hall–Kier alpha value is -0.700. The number of fused-ring (bicyclic) bond motifs is 1. The lowest BCUT2D eigenvalue weighted by atomic mass is 9.94. The van der Waals surface area contributed by atoms with Crippen molar-refractivity contribution in [2.24, 2.45) is 0 Å². The molecule has 1 heterocycles. The number of rotatable bonds is 1. The smallest absolute Gasteiger partial charge is 0.181 e. The lowest BCUT2D eigenvalue weighted by Crippen LogP contribution is -2.14. The molecule has 2 rings (SSSR count). The van der Waals surface area contributed by atoms with E-state index in [0.717, 1.165) is 35.0 Å². The molecular weight excluding hydrogens is 242 g/mol. The van der Waals surface area contributed by atoms with Gasteiger partial charge in [0.25, 0.3) is 0 Å². The van der Waals surface area contributed by atoms with Crippen LogP contribution in [0.1, 0.15) is 41.5 Å². The number of aryl methyl sites for hydroxylation is 2. The van der Waals surface area contributed by atoms with Crippen molar-refractivity contribution in [1.82, 2.24) is 4.98 Å². The second kappa shape index (κ2) is 3.81. The Bertz CT molecular complexity index is 387. The molecule has 0 aliphatic heterocycles. The summed E-state index contributed by atoms with van der Waals surface area (Å²) in [6, 6.07) is 2.05. The van der Waals surface area contributed by atoms with Crippen LogP contribution in [0, 0.1) is 0 Å². The SMILES string of the molecule is CCc1nc2c(cc1Br)CCCC2=O. The molecule has 0 spiro atoms. The van der Waals surface area contributed by atoms with E-state index in [1.165, 1.54) is 0 Å². The van der Waals surface area contributed by atoms with Crippen molar-refractivity contribution in [3.63, 3.8) is 0 Å². The summed E-state index contributed by atoms with van der Waals surface area (Å²) < 4.78 is 1.04. The highest BCUT2D eigenvalue weighted by molar-refractivity contribution is 9.10. The molecular formula is C11H12BrNO. The second-order valence-corrected chi connectivity index (χ2v) is 4.41. The van der Waals surface area contributed by atoms with Crippen molar-refractivity contribution in [1.29, 1.82) is 0 Å². The highest BCUT2D eigenvalue weighted by atomic mass is 79.9. The Morgan fingerprint density at radius 2 is 2.29 bits per heavy atom. The minimum Gasteiger partial charge on any atom is -0.292 e. The van der Waals surface area contributed by atoms with Gasteiger partial charge in [-0.25, -0.2) is 4.98 Å². The third kappa shape index (κ3) is 1.61. The van der Waals surface area contributed by atoms with Gasteiger partial charge in [0.2, 0.25) is 0 Å². The number of hydrogen-bond acceptors (Lipinski definition) is 2. The molecule has 0 bridgehead atoms. The number of Topliss-reactive ketones (excluding diaryl/α,β-unsaturated/α-hetero) is 1. The maximum atomic E-state index is 11.6. The van der Waals surface area contributed by atoms with Gasteiger partial charge in [-0.2, -0.15) is 0 Å². The third-order valence-corrected chi connectivity index (χ3v) is 3.26. The molecule has 0 unspecified atom stereocenters. The Balaban J connectivity index is 2.54. The Morgan fingerprint density at radius 3 is 3.00 bits per heavy atom. The Morgan fingerprint density at radius 1 is 1.50 bits per heavy atom. The Kier molecular flexibility index (Phi) is 2.68. The monoisotopic (exact) mass is 253 g/mol. The fraction of sp³-hybridized carbons (Fsp3) is 0.455. The van der Waals surface area contributed by atoms with Crippen molar-refractivity contribution < 1.29 is 4.79 Å². The third-order valence-electron chi connectivity index (χ3n) is 2.58. The molecule has 0 fully saturated rings. The van der Waals surface area contributed by atoms with Crippen LogP contribution in [0.25, 0.3) is 0 Å². The highest BCUT2D eigenvalue weighted by Gasteiger charge is 2.19. The highest BCUT2D eigenvalue weighted by Crippen LogP contribution is 2.25. The maximum Gasteiger partial charge on any atom is 0.181 e. The van der Waals surface area contributed by atoms with E-state index in [9.17, 15) is 4.79 Å². The van der Waals surface area contributed by atoms with Gasteiger partial charge in [0.1, 0.15) is 5.69 Å². The number of pyridine rings is 1. The molecule has 1 aliphatic rings. The fourth-order valence-electron chi connectivity index (χ4n) is 1.80. The van der Waals surface area contributed by atoms with Crippen molar-refractivity contribution >= 4 is 21.7 Å². The normalized spacial score (nSPS) is 15.4. The molecule has 0 saturated carbocycles. The predicted octanol–water partition coefficient (Wildman–Crippen LogP) is 2.93. The van der Waals surface area contributed by atoms with Gasteiger partial charge in [-0.15, -0.1) is 0 Å². The number of aromatic nitrogens is 1. The van der Waals surface area contributed by atoms with E-state index < -0.39 is 0 Å². The number of hydrogen-bond donors (Lipinski definition) is 0. The Labute approximate surface area is 91.9 Å². The van der Waals surface area contributed by atoms with Crippen LogP contribution in [-0.2, 0) is 12.8 Å². The van der Waals surface area contributed by atoms with Crippen LogP contribution in [-0.4, -0.2) is 10.8 Å². The van der Waals surface area contributed by atoms with Crippen molar-refractivity contribution in [3.8, 4) is 0 Å². The van der Waals surface area contributed by atoms with E-state index in [2.05, 4.69) is 27.0 Å². The van der Waals surface area contributed by atoms with Crippen LogP contribution in [0.5, 0.6) is 0 Å². The molecule has 0 amide bonds. The van der Waals surface area contributed by atoms with Gasteiger partial charge < -0.3 is 0 Å². The first kappa shape index (κ1) is 9.84. The van der Waals surface area contributed by atoms with Gasteiger partial charge in [0, 0.05) is 10.9 Å². The largest absolute Gasteiger partial charge is 0.292 e. The van der Waals surface area contributed by atoms with Gasteiger partial charge in [-0.1, -0.05) is 6.92 Å². The molecule has 1 aromatic heterocycles. The van der Waals surface area contributed by atoms with E-state index in [1.54, 1.807) is 0 Å². The molecule has 0 atom stereocenters. The first-order chi connectivity index (χ1) is 6.72. The van der Waals surface area contributed by atoms with Crippen molar-refractivity contribution in [2.75, 3.05) is 0 Å². The van der Waals surface area contributed by atoms with Crippen LogP contribution < -0.4 is 0 Å². The van der Waals surface area contributed by atoms with E-state index in [4.69, 9.17) is 0 Å². The van der Waals surface area contributed by atoms with Crippen LogP contribution >= 0.6 is 15.9 Å². The average molecular weight is 254 g/mol. The van der Waals surface area contributed by atoms with Gasteiger partial charge in [-0.3, -0.25) is 4.79 Å². The molecule has 3 heteroatoms. The van der Waals surface area contributed by atoms with E-state index in [-0.39, 0.29) is 5.78 Å².